The molecule has 1 aromatic carbocycles. The summed E-state index contributed by atoms with van der Waals surface area (Å²) < 4.78 is 24.1. The van der Waals surface area contributed by atoms with E-state index in [1.165, 1.54) is 0 Å². The lowest BCUT2D eigenvalue weighted by molar-refractivity contribution is 0.584. The molecule has 0 atom stereocenters. The molecule has 0 fully saturated rings. The van der Waals surface area contributed by atoms with Crippen LogP contribution in [0.3, 0.4) is 0 Å². The molecule has 1 rings (SSSR count). The molecule has 4 nitrogen and oxygen atoms in total. The normalized spacial score (nSPS) is 11.7. The molecule has 0 aromatic heterocycles. The van der Waals surface area contributed by atoms with Gasteiger partial charge in [0.1, 0.15) is 0 Å². The molecule has 0 bridgehead atoms. The van der Waals surface area contributed by atoms with Crippen molar-refractivity contribution in [1.82, 2.24) is 10.6 Å². The molecule has 0 radical (unpaired) electrons. The first-order valence-corrected chi connectivity index (χ1v) is 8.36. The largest absolute Gasteiger partial charge is 0.320 e. The van der Waals surface area contributed by atoms with Crippen LogP contribution in [0.15, 0.2) is 29.2 Å². The number of hydrogen-bond donors (Lipinski definition) is 2. The van der Waals surface area contributed by atoms with Gasteiger partial charge in [-0.3, -0.25) is 0 Å². The van der Waals surface area contributed by atoms with Gasteiger partial charge in [-0.1, -0.05) is 17.7 Å². The summed E-state index contributed by atoms with van der Waals surface area (Å²) in [5.74, 6) is 0.155. The van der Waals surface area contributed by atoms with Crippen molar-refractivity contribution >= 4 is 9.84 Å². The topological polar surface area (TPSA) is 58.2 Å². The highest BCUT2D eigenvalue weighted by Gasteiger charge is 2.12. The number of hydrogen-bond acceptors (Lipinski definition) is 4. The predicted molar refractivity (Wildman–Crippen MR) is 79.3 cm³/mol. The fourth-order valence-electron chi connectivity index (χ4n) is 1.75. The van der Waals surface area contributed by atoms with Gasteiger partial charge in [-0.25, -0.2) is 8.42 Å². The highest BCUT2D eigenvalue weighted by Crippen LogP contribution is 2.11. The van der Waals surface area contributed by atoms with Crippen molar-refractivity contribution in [2.24, 2.45) is 0 Å². The Labute approximate surface area is 116 Å². The molecule has 0 aliphatic rings. The van der Waals surface area contributed by atoms with Crippen molar-refractivity contribution in [2.45, 2.75) is 24.7 Å². The van der Waals surface area contributed by atoms with Gasteiger partial charge in [0, 0.05) is 6.54 Å². The molecule has 2 N–H and O–H groups in total. The van der Waals surface area contributed by atoms with Crippen LogP contribution in [0.4, 0.5) is 0 Å². The van der Waals surface area contributed by atoms with Crippen molar-refractivity contribution in [1.29, 1.82) is 0 Å². The fourth-order valence-corrected chi connectivity index (χ4v) is 2.95. The Hall–Kier alpha value is -0.910. The molecule has 0 spiro atoms. The maximum Gasteiger partial charge on any atom is 0.179 e. The minimum atomic E-state index is -3.15. The van der Waals surface area contributed by atoms with Crippen molar-refractivity contribution in [3.63, 3.8) is 0 Å². The zero-order valence-electron chi connectivity index (χ0n) is 11.8. The zero-order valence-corrected chi connectivity index (χ0v) is 12.6. The van der Waals surface area contributed by atoms with E-state index in [0.29, 0.717) is 11.4 Å². The first-order valence-electron chi connectivity index (χ1n) is 6.71. The molecular formula is C14H24N2O2S. The van der Waals surface area contributed by atoms with Gasteiger partial charge in [0.25, 0.3) is 0 Å². The van der Waals surface area contributed by atoms with E-state index in [1.54, 1.807) is 12.1 Å². The van der Waals surface area contributed by atoms with E-state index in [-0.39, 0.29) is 5.75 Å². The molecule has 0 saturated carbocycles. The summed E-state index contributed by atoms with van der Waals surface area (Å²) in [6, 6.07) is 7.02. The second kappa shape index (κ2) is 8.30. The quantitative estimate of drug-likeness (QED) is 0.672. The molecule has 108 valence electrons. The van der Waals surface area contributed by atoms with E-state index in [0.717, 1.165) is 31.5 Å². The van der Waals surface area contributed by atoms with Gasteiger partial charge in [-0.15, -0.1) is 0 Å². The Kier molecular flexibility index (Phi) is 7.05. The summed E-state index contributed by atoms with van der Waals surface area (Å²) in [6.45, 7) is 4.33. The number of benzene rings is 1. The van der Waals surface area contributed by atoms with E-state index in [2.05, 4.69) is 10.6 Å². The summed E-state index contributed by atoms with van der Waals surface area (Å²) in [7, 11) is -1.22. The molecule has 0 unspecified atom stereocenters. The fraction of sp³-hybridized carbons (Fsp3) is 0.571. The van der Waals surface area contributed by atoms with Gasteiger partial charge in [-0.2, -0.15) is 0 Å². The third-order valence-corrected chi connectivity index (χ3v) is 4.69. The number of nitrogens with one attached hydrogen (secondary N) is 2. The van der Waals surface area contributed by atoms with Crippen LogP contribution in [0.2, 0.25) is 0 Å². The van der Waals surface area contributed by atoms with E-state index in [9.17, 15) is 8.42 Å². The average Bonchev–Trinajstić information content (AvgIpc) is 2.38. The predicted octanol–water partition coefficient (Wildman–Crippen LogP) is 1.36. The molecule has 5 heteroatoms. The maximum atomic E-state index is 12.0. The smallest absolute Gasteiger partial charge is 0.179 e. The molecular weight excluding hydrogens is 260 g/mol. The summed E-state index contributed by atoms with van der Waals surface area (Å²) in [5.41, 5.74) is 1.07. The minimum absolute atomic E-state index is 0.155. The standard InChI is InChI=1S/C14H24N2O2S/c1-13-5-7-14(8-6-13)19(17,18)12-11-16-10-4-3-9-15-2/h5-8,15-16H,3-4,9-12H2,1-2H3. The number of aryl methyl sites for hydroxylation is 1. The lowest BCUT2D eigenvalue weighted by Gasteiger charge is -2.06. The van der Waals surface area contributed by atoms with Crippen LogP contribution in [-0.4, -0.2) is 40.9 Å². The molecule has 0 amide bonds. The summed E-state index contributed by atoms with van der Waals surface area (Å²) in [4.78, 5) is 0.412. The van der Waals surface area contributed by atoms with E-state index in [1.807, 2.05) is 26.1 Å². The summed E-state index contributed by atoms with van der Waals surface area (Å²) in [6.07, 6.45) is 2.17. The monoisotopic (exact) mass is 284 g/mol. The Bertz CT molecular complexity index is 455. The third-order valence-electron chi connectivity index (χ3n) is 2.96. The van der Waals surface area contributed by atoms with Crippen LogP contribution >= 0.6 is 0 Å². The van der Waals surface area contributed by atoms with Crippen LogP contribution in [0.1, 0.15) is 18.4 Å². The van der Waals surface area contributed by atoms with Crippen molar-refractivity contribution < 1.29 is 8.42 Å². The lowest BCUT2D eigenvalue weighted by Crippen LogP contribution is -2.24. The SMILES string of the molecule is CNCCCCNCCS(=O)(=O)c1ccc(C)cc1. The van der Waals surface area contributed by atoms with Crippen molar-refractivity contribution in [3.8, 4) is 0 Å². The van der Waals surface area contributed by atoms with E-state index in [4.69, 9.17) is 0 Å². The average molecular weight is 284 g/mol. The van der Waals surface area contributed by atoms with Crippen LogP contribution in [0.25, 0.3) is 0 Å². The summed E-state index contributed by atoms with van der Waals surface area (Å²) in [5, 5.41) is 6.26. The highest BCUT2D eigenvalue weighted by atomic mass is 32.2. The highest BCUT2D eigenvalue weighted by molar-refractivity contribution is 7.91. The molecule has 0 aliphatic carbocycles. The van der Waals surface area contributed by atoms with Crippen LogP contribution in [0, 0.1) is 6.92 Å². The van der Waals surface area contributed by atoms with Crippen molar-refractivity contribution in [3.05, 3.63) is 29.8 Å². The van der Waals surface area contributed by atoms with Gasteiger partial charge in [0.05, 0.1) is 10.6 Å². The first kappa shape index (κ1) is 16.1. The molecule has 1 aromatic rings. The van der Waals surface area contributed by atoms with Gasteiger partial charge in [-0.05, 0) is 52.0 Å². The van der Waals surface area contributed by atoms with Crippen LogP contribution < -0.4 is 10.6 Å². The minimum Gasteiger partial charge on any atom is -0.320 e. The summed E-state index contributed by atoms with van der Waals surface area (Å²) >= 11 is 0. The van der Waals surface area contributed by atoms with Gasteiger partial charge in [0.15, 0.2) is 9.84 Å². The molecule has 0 aliphatic heterocycles. The van der Waals surface area contributed by atoms with Crippen molar-refractivity contribution in [2.75, 3.05) is 32.4 Å². The number of unbranched alkanes of at least 4 members (excludes halogenated alkanes) is 1. The number of sulfone groups is 1. The Morgan fingerprint density at radius 3 is 2.26 bits per heavy atom. The van der Waals surface area contributed by atoms with Gasteiger partial charge < -0.3 is 10.6 Å². The van der Waals surface area contributed by atoms with E-state index < -0.39 is 9.84 Å². The number of rotatable bonds is 9. The third kappa shape index (κ3) is 6.18. The van der Waals surface area contributed by atoms with Crippen LogP contribution in [0.5, 0.6) is 0 Å². The second-order valence-electron chi connectivity index (χ2n) is 4.69. The zero-order chi connectivity index (χ0) is 14.1. The molecule has 0 heterocycles. The Morgan fingerprint density at radius 2 is 1.63 bits per heavy atom. The van der Waals surface area contributed by atoms with E-state index >= 15 is 0 Å². The lowest BCUT2D eigenvalue weighted by atomic mass is 10.2. The van der Waals surface area contributed by atoms with Gasteiger partial charge >= 0.3 is 0 Å². The maximum absolute atomic E-state index is 12.0. The van der Waals surface area contributed by atoms with Gasteiger partial charge in [0.2, 0.25) is 0 Å². The molecule has 19 heavy (non-hydrogen) atoms. The molecule has 0 saturated heterocycles. The Morgan fingerprint density at radius 1 is 1.00 bits per heavy atom. The Balaban J connectivity index is 2.29. The second-order valence-corrected chi connectivity index (χ2v) is 6.80. The van der Waals surface area contributed by atoms with Crippen LogP contribution in [-0.2, 0) is 9.84 Å². The first-order chi connectivity index (χ1) is 9.06.